The second kappa shape index (κ2) is 21.2. The van der Waals surface area contributed by atoms with Crippen molar-refractivity contribution in [3.63, 3.8) is 0 Å². The van der Waals surface area contributed by atoms with Gasteiger partial charge in [0.25, 0.3) is 0 Å². The predicted molar refractivity (Wildman–Crippen MR) is 176 cm³/mol. The van der Waals surface area contributed by atoms with Crippen molar-refractivity contribution in [2.24, 2.45) is 17.8 Å². The van der Waals surface area contributed by atoms with Gasteiger partial charge in [0.15, 0.2) is 24.4 Å². The summed E-state index contributed by atoms with van der Waals surface area (Å²) in [6.45, 7) is 9.35. The lowest BCUT2D eigenvalue weighted by Crippen LogP contribution is -2.65. The van der Waals surface area contributed by atoms with Crippen LogP contribution in [0.2, 0.25) is 0 Å². The van der Waals surface area contributed by atoms with Crippen LogP contribution in [0.25, 0.3) is 0 Å². The van der Waals surface area contributed by atoms with Crippen molar-refractivity contribution >= 4 is 23.9 Å². The van der Waals surface area contributed by atoms with Gasteiger partial charge in [-0.25, -0.2) is 0 Å². The fourth-order valence-corrected chi connectivity index (χ4v) is 5.63. The highest BCUT2D eigenvalue weighted by molar-refractivity contribution is 5.73. The van der Waals surface area contributed by atoms with E-state index in [2.05, 4.69) is 6.92 Å². The predicted octanol–water partition coefficient (Wildman–Crippen LogP) is 2.31. The lowest BCUT2D eigenvalue weighted by molar-refractivity contribution is -0.384. The Labute approximate surface area is 295 Å². The van der Waals surface area contributed by atoms with Crippen LogP contribution in [0.4, 0.5) is 0 Å². The van der Waals surface area contributed by atoms with Gasteiger partial charge in [-0.3, -0.25) is 19.2 Å². The lowest BCUT2D eigenvalue weighted by atomic mass is 9.97. The number of hydrogen-bond donors (Lipinski definition) is 4. The molecule has 2 aliphatic rings. The van der Waals surface area contributed by atoms with Crippen LogP contribution in [0.3, 0.4) is 0 Å². The first-order valence-corrected chi connectivity index (χ1v) is 18.0. The van der Waals surface area contributed by atoms with Crippen molar-refractivity contribution in [3.8, 4) is 0 Å². The Bertz CT molecular complexity index is 1060. The number of unbranched alkanes of at least 4 members (excludes halogenated alkanes) is 6. The molecule has 0 amide bonds. The molecule has 0 unspecified atom stereocenters. The summed E-state index contributed by atoms with van der Waals surface area (Å²) in [7, 11) is 0. The maximum Gasteiger partial charge on any atom is 0.308 e. The van der Waals surface area contributed by atoms with Crippen LogP contribution >= 0.6 is 0 Å². The summed E-state index contributed by atoms with van der Waals surface area (Å²) in [6.07, 6.45) is -6.26. The average molecular weight is 721 g/mol. The Hall–Kier alpha value is -2.40. The number of carbonyl (C=O) groups is 4. The molecular weight excluding hydrogens is 660 g/mol. The minimum atomic E-state index is -2.39. The Kier molecular flexibility index (Phi) is 18.6. The zero-order valence-corrected chi connectivity index (χ0v) is 30.6. The number of esters is 4. The molecule has 2 rings (SSSR count). The summed E-state index contributed by atoms with van der Waals surface area (Å²) >= 11 is 0. The van der Waals surface area contributed by atoms with Crippen molar-refractivity contribution in [3.05, 3.63) is 0 Å². The summed E-state index contributed by atoms with van der Waals surface area (Å²) in [6, 6.07) is 0. The Morgan fingerprint density at radius 2 is 1.26 bits per heavy atom. The van der Waals surface area contributed by atoms with Crippen LogP contribution in [-0.4, -0.2) is 119 Å². The van der Waals surface area contributed by atoms with Gasteiger partial charge in [0.05, 0.1) is 25.0 Å². The van der Waals surface area contributed by atoms with Crippen molar-refractivity contribution in [2.75, 3.05) is 19.8 Å². The zero-order valence-electron chi connectivity index (χ0n) is 30.6. The zero-order chi connectivity index (χ0) is 37.6. The molecule has 0 bridgehead atoms. The molecule has 2 saturated heterocycles. The van der Waals surface area contributed by atoms with Crippen molar-refractivity contribution in [1.82, 2.24) is 0 Å². The van der Waals surface area contributed by atoms with E-state index in [-0.39, 0.29) is 18.8 Å². The average Bonchev–Trinajstić information content (AvgIpc) is 3.32. The number of ether oxygens (including phenoxy) is 7. The van der Waals surface area contributed by atoms with Crippen LogP contribution in [0, 0.1) is 17.8 Å². The summed E-state index contributed by atoms with van der Waals surface area (Å²) in [5, 5.41) is 42.0. The summed E-state index contributed by atoms with van der Waals surface area (Å²) < 4.78 is 40.8. The van der Waals surface area contributed by atoms with Gasteiger partial charge in [0, 0.05) is 12.8 Å². The standard InChI is InChI=1S/C35H60O15/c1-8-9-10-11-12-13-14-15-25(39)45-30-29(48-33(43)22(6)7)28(47-32(42)21(4)5)24(18-37)44-34(30)50-35(19-38)31(27(41)23(17-36)49-35)46-26(40)16-20(2)3/h20-24,27-31,34,36-38,41H,8-19H2,1-7H3/t23-,24+,27-,28+,29-,30+,31+,34-,35+/m1/s1. The molecule has 15 heteroatoms. The van der Waals surface area contributed by atoms with Gasteiger partial charge in [-0.1, -0.05) is 87.0 Å². The van der Waals surface area contributed by atoms with Gasteiger partial charge in [0.2, 0.25) is 12.1 Å². The molecule has 9 atom stereocenters. The molecular formula is C35H60O15. The fourth-order valence-electron chi connectivity index (χ4n) is 5.63. The first-order valence-electron chi connectivity index (χ1n) is 18.0. The monoisotopic (exact) mass is 720 g/mol. The van der Waals surface area contributed by atoms with Gasteiger partial charge in [-0.2, -0.15) is 0 Å². The highest BCUT2D eigenvalue weighted by Gasteiger charge is 2.62. The molecule has 2 aliphatic heterocycles. The molecule has 0 radical (unpaired) electrons. The first-order chi connectivity index (χ1) is 23.6. The largest absolute Gasteiger partial charge is 0.455 e. The van der Waals surface area contributed by atoms with E-state index in [0.29, 0.717) is 6.42 Å². The number of aliphatic hydroxyl groups excluding tert-OH is 4. The second-order valence-electron chi connectivity index (χ2n) is 14.1. The third-order valence-electron chi connectivity index (χ3n) is 8.50. The molecule has 290 valence electrons. The minimum Gasteiger partial charge on any atom is -0.455 e. The van der Waals surface area contributed by atoms with Crippen LogP contribution in [0.1, 0.15) is 106 Å². The maximum absolute atomic E-state index is 13.3. The van der Waals surface area contributed by atoms with Gasteiger partial charge in [-0.05, 0) is 12.3 Å². The summed E-state index contributed by atoms with van der Waals surface area (Å²) in [5.74, 6) is -6.78. The topological polar surface area (TPSA) is 214 Å². The number of hydrogen-bond acceptors (Lipinski definition) is 15. The van der Waals surface area contributed by atoms with Gasteiger partial charge < -0.3 is 53.6 Å². The molecule has 0 aromatic carbocycles. The third-order valence-corrected chi connectivity index (χ3v) is 8.50. The lowest BCUT2D eigenvalue weighted by Gasteiger charge is -2.46. The van der Waals surface area contributed by atoms with E-state index in [9.17, 15) is 39.6 Å². The molecule has 2 heterocycles. The van der Waals surface area contributed by atoms with Gasteiger partial charge >= 0.3 is 23.9 Å². The normalized spacial score (nSPS) is 29.7. The molecule has 2 fully saturated rings. The SMILES string of the molecule is CCCCCCCCCC(=O)O[C@@H]1[C@@H](O[C@]2(CO)O[C@H](CO)[C@@H](O)[C@@H]2OC(=O)CC(C)C)O[C@@H](CO)[C@H](OC(=O)C(C)C)[C@H]1OC(=O)C(C)C. The van der Waals surface area contributed by atoms with Crippen LogP contribution in [0.15, 0.2) is 0 Å². The van der Waals surface area contributed by atoms with Gasteiger partial charge in [-0.15, -0.1) is 0 Å². The molecule has 0 spiro atoms. The molecule has 15 nitrogen and oxygen atoms in total. The molecule has 0 saturated carbocycles. The van der Waals surface area contributed by atoms with E-state index in [1.807, 2.05) is 0 Å². The Morgan fingerprint density at radius 1 is 0.700 bits per heavy atom. The molecule has 0 aliphatic carbocycles. The van der Waals surface area contributed by atoms with Crippen molar-refractivity contribution < 1.29 is 72.8 Å². The minimum absolute atomic E-state index is 0.0237. The van der Waals surface area contributed by atoms with E-state index >= 15 is 0 Å². The Balaban J connectivity index is 2.55. The van der Waals surface area contributed by atoms with E-state index in [4.69, 9.17) is 33.2 Å². The molecule has 50 heavy (non-hydrogen) atoms. The quantitative estimate of drug-likeness (QED) is 0.0761. The highest BCUT2D eigenvalue weighted by Crippen LogP contribution is 2.40. The molecule has 0 aromatic heterocycles. The number of carbonyl (C=O) groups excluding carboxylic acids is 4. The second-order valence-corrected chi connectivity index (χ2v) is 14.1. The van der Waals surface area contributed by atoms with Crippen LogP contribution in [0.5, 0.6) is 0 Å². The van der Waals surface area contributed by atoms with Crippen LogP contribution in [-0.2, 0) is 52.3 Å². The smallest absolute Gasteiger partial charge is 0.308 e. The molecule has 4 N–H and O–H groups in total. The van der Waals surface area contributed by atoms with Crippen molar-refractivity contribution in [2.45, 2.75) is 161 Å². The molecule has 0 aromatic rings. The van der Waals surface area contributed by atoms with Crippen molar-refractivity contribution in [1.29, 1.82) is 0 Å². The summed E-state index contributed by atoms with van der Waals surface area (Å²) in [4.78, 5) is 52.0. The maximum atomic E-state index is 13.3. The third kappa shape index (κ3) is 12.4. The highest BCUT2D eigenvalue weighted by atomic mass is 16.8. The van der Waals surface area contributed by atoms with Crippen LogP contribution < -0.4 is 0 Å². The van der Waals surface area contributed by atoms with E-state index in [1.54, 1.807) is 41.5 Å². The van der Waals surface area contributed by atoms with E-state index in [1.165, 1.54) is 0 Å². The number of aliphatic hydroxyl groups is 4. The van der Waals surface area contributed by atoms with E-state index < -0.39 is 110 Å². The fraction of sp³-hybridized carbons (Fsp3) is 0.886. The van der Waals surface area contributed by atoms with E-state index in [0.717, 1.165) is 38.5 Å². The summed E-state index contributed by atoms with van der Waals surface area (Å²) in [5.41, 5.74) is 0. The van der Waals surface area contributed by atoms with Gasteiger partial charge in [0.1, 0.15) is 24.9 Å². The Morgan fingerprint density at radius 3 is 1.78 bits per heavy atom. The first kappa shape index (κ1) is 43.8. The number of rotatable bonds is 21.